The van der Waals surface area contributed by atoms with E-state index in [1.165, 1.54) is 6.07 Å². The molecule has 7 heteroatoms. The van der Waals surface area contributed by atoms with Crippen LogP contribution < -0.4 is 10.0 Å². The van der Waals surface area contributed by atoms with Crippen molar-refractivity contribution < 1.29 is 13.2 Å². The number of hydrogen-bond acceptors (Lipinski definition) is 3. The first-order valence-electron chi connectivity index (χ1n) is 6.89. The number of carbonyl (C=O) groups is 1. The highest BCUT2D eigenvalue weighted by Crippen LogP contribution is 2.19. The highest BCUT2D eigenvalue weighted by Gasteiger charge is 2.12. The van der Waals surface area contributed by atoms with E-state index in [1.54, 1.807) is 18.2 Å². The molecule has 0 bridgehead atoms. The summed E-state index contributed by atoms with van der Waals surface area (Å²) in [5, 5.41) is 2.89. The molecule has 1 amide bonds. The maximum Gasteiger partial charge on any atom is 0.251 e. The lowest BCUT2D eigenvalue weighted by molar-refractivity contribution is 0.0940. The summed E-state index contributed by atoms with van der Waals surface area (Å²) in [5.41, 5.74) is 1.72. The predicted molar refractivity (Wildman–Crippen MR) is 94.9 cm³/mol. The summed E-state index contributed by atoms with van der Waals surface area (Å²) in [6, 6.07) is 13.9. The molecule has 122 valence electrons. The number of amides is 1. The summed E-state index contributed by atoms with van der Waals surface area (Å²) in [6.07, 6.45) is 1.06. The number of benzene rings is 2. The lowest BCUT2D eigenvalue weighted by atomic mass is 10.1. The summed E-state index contributed by atoms with van der Waals surface area (Å²) in [5.74, 6) is -0.269. The second-order valence-electron chi connectivity index (χ2n) is 5.21. The zero-order chi connectivity index (χ0) is 17.0. The van der Waals surface area contributed by atoms with Crippen LogP contribution in [0.5, 0.6) is 0 Å². The molecule has 2 N–H and O–H groups in total. The molecule has 23 heavy (non-hydrogen) atoms. The van der Waals surface area contributed by atoms with Gasteiger partial charge in [0.25, 0.3) is 5.91 Å². The average Bonchev–Trinajstić information content (AvgIpc) is 2.45. The highest BCUT2D eigenvalue weighted by molar-refractivity contribution is 9.10. The third-order valence-corrected chi connectivity index (χ3v) is 4.22. The van der Waals surface area contributed by atoms with E-state index in [0.717, 1.165) is 16.3 Å². The molecule has 0 aliphatic heterocycles. The van der Waals surface area contributed by atoms with Crippen molar-refractivity contribution in [2.24, 2.45) is 0 Å². The quantitative estimate of drug-likeness (QED) is 0.813. The molecule has 2 aromatic carbocycles. The van der Waals surface area contributed by atoms with E-state index in [9.17, 15) is 13.2 Å². The number of hydrogen-bond donors (Lipinski definition) is 2. The zero-order valence-corrected chi connectivity index (χ0v) is 15.1. The Kier molecular flexibility index (Phi) is 5.43. The van der Waals surface area contributed by atoms with E-state index < -0.39 is 10.0 Å². The van der Waals surface area contributed by atoms with Gasteiger partial charge in [-0.25, -0.2) is 8.42 Å². The molecule has 5 nitrogen and oxygen atoms in total. The van der Waals surface area contributed by atoms with Crippen LogP contribution >= 0.6 is 15.9 Å². The first kappa shape index (κ1) is 17.5. The molecule has 0 saturated carbocycles. The molecule has 0 aromatic heterocycles. The van der Waals surface area contributed by atoms with Crippen LogP contribution in [0.15, 0.2) is 53.0 Å². The zero-order valence-electron chi connectivity index (χ0n) is 12.7. The monoisotopic (exact) mass is 396 g/mol. The first-order valence-corrected chi connectivity index (χ1v) is 9.57. The highest BCUT2D eigenvalue weighted by atomic mass is 79.9. The number of anilines is 1. The van der Waals surface area contributed by atoms with Gasteiger partial charge >= 0.3 is 0 Å². The van der Waals surface area contributed by atoms with Crippen LogP contribution in [0.1, 0.15) is 28.9 Å². The van der Waals surface area contributed by atoms with Crippen molar-refractivity contribution in [2.75, 3.05) is 11.0 Å². The van der Waals surface area contributed by atoms with Crippen molar-refractivity contribution in [1.29, 1.82) is 0 Å². The second-order valence-corrected chi connectivity index (χ2v) is 7.87. The average molecular weight is 397 g/mol. The van der Waals surface area contributed by atoms with E-state index >= 15 is 0 Å². The molecular formula is C16H17BrN2O3S. The Bertz CT molecular complexity index is 822. The Labute approximate surface area is 144 Å². The van der Waals surface area contributed by atoms with Crippen LogP contribution in [0.3, 0.4) is 0 Å². The smallest absolute Gasteiger partial charge is 0.251 e. The van der Waals surface area contributed by atoms with E-state index in [-0.39, 0.29) is 11.9 Å². The molecule has 0 aliphatic carbocycles. The standard InChI is InChI=1S/C16H17BrN2O3S/c1-11(12-5-3-7-14(17)9-12)18-16(20)13-6-4-8-15(10-13)19-23(2,21)22/h3-11,19H,1-2H3,(H,18,20)/t11-/m0/s1. The van der Waals surface area contributed by atoms with Crippen LogP contribution in [0.2, 0.25) is 0 Å². The van der Waals surface area contributed by atoms with E-state index in [0.29, 0.717) is 11.3 Å². The van der Waals surface area contributed by atoms with Gasteiger partial charge in [-0.3, -0.25) is 9.52 Å². The number of rotatable bonds is 5. The van der Waals surface area contributed by atoms with Gasteiger partial charge in [0.2, 0.25) is 10.0 Å². The summed E-state index contributed by atoms with van der Waals surface area (Å²) in [6.45, 7) is 1.89. The molecule has 0 saturated heterocycles. The Balaban J connectivity index is 2.13. The maximum atomic E-state index is 12.3. The molecule has 0 spiro atoms. The minimum Gasteiger partial charge on any atom is -0.346 e. The molecular weight excluding hydrogens is 380 g/mol. The van der Waals surface area contributed by atoms with Crippen molar-refractivity contribution in [3.8, 4) is 0 Å². The van der Waals surface area contributed by atoms with Crippen LogP contribution in [0.25, 0.3) is 0 Å². The summed E-state index contributed by atoms with van der Waals surface area (Å²) >= 11 is 3.40. The minimum atomic E-state index is -3.38. The summed E-state index contributed by atoms with van der Waals surface area (Å²) in [7, 11) is -3.38. The number of nitrogens with one attached hydrogen (secondary N) is 2. The van der Waals surface area contributed by atoms with Gasteiger partial charge in [0.05, 0.1) is 12.3 Å². The van der Waals surface area contributed by atoms with Crippen LogP contribution in [-0.4, -0.2) is 20.6 Å². The van der Waals surface area contributed by atoms with E-state index in [1.807, 2.05) is 31.2 Å². The van der Waals surface area contributed by atoms with Crippen LogP contribution in [0.4, 0.5) is 5.69 Å². The first-order chi connectivity index (χ1) is 10.7. The lowest BCUT2D eigenvalue weighted by Crippen LogP contribution is -2.26. The van der Waals surface area contributed by atoms with Gasteiger partial charge in [0, 0.05) is 15.7 Å². The number of carbonyl (C=O) groups excluding carboxylic acids is 1. The largest absolute Gasteiger partial charge is 0.346 e. The van der Waals surface area contributed by atoms with Gasteiger partial charge in [-0.2, -0.15) is 0 Å². The molecule has 0 fully saturated rings. The Morgan fingerprint density at radius 1 is 1.13 bits per heavy atom. The number of halogens is 1. The van der Waals surface area contributed by atoms with Crippen molar-refractivity contribution in [3.63, 3.8) is 0 Å². The fraction of sp³-hybridized carbons (Fsp3) is 0.188. The normalized spacial score (nSPS) is 12.5. The topological polar surface area (TPSA) is 75.3 Å². The summed E-state index contributed by atoms with van der Waals surface area (Å²) in [4.78, 5) is 12.3. The SMILES string of the molecule is C[C@H](NC(=O)c1cccc(NS(C)(=O)=O)c1)c1cccc(Br)c1. The molecule has 0 unspecified atom stereocenters. The molecule has 0 heterocycles. The van der Waals surface area contributed by atoms with E-state index in [4.69, 9.17) is 0 Å². The van der Waals surface area contributed by atoms with Gasteiger partial charge in [0.15, 0.2) is 0 Å². The van der Waals surface area contributed by atoms with Gasteiger partial charge in [-0.05, 0) is 42.8 Å². The molecule has 1 atom stereocenters. The van der Waals surface area contributed by atoms with Crippen LogP contribution in [0, 0.1) is 0 Å². The summed E-state index contributed by atoms with van der Waals surface area (Å²) < 4.78 is 25.8. The Hall–Kier alpha value is -1.86. The van der Waals surface area contributed by atoms with Crippen LogP contribution in [-0.2, 0) is 10.0 Å². The lowest BCUT2D eigenvalue weighted by Gasteiger charge is -2.15. The Morgan fingerprint density at radius 2 is 1.83 bits per heavy atom. The van der Waals surface area contributed by atoms with Gasteiger partial charge < -0.3 is 5.32 Å². The third kappa shape index (κ3) is 5.37. The molecule has 2 rings (SSSR count). The second kappa shape index (κ2) is 7.14. The van der Waals surface area contributed by atoms with Gasteiger partial charge in [-0.1, -0.05) is 34.1 Å². The van der Waals surface area contributed by atoms with Crippen molar-refractivity contribution in [3.05, 3.63) is 64.1 Å². The predicted octanol–water partition coefficient (Wildman–Crippen LogP) is 3.31. The Morgan fingerprint density at radius 3 is 2.48 bits per heavy atom. The third-order valence-electron chi connectivity index (χ3n) is 3.12. The van der Waals surface area contributed by atoms with E-state index in [2.05, 4.69) is 26.0 Å². The maximum absolute atomic E-state index is 12.3. The van der Waals surface area contributed by atoms with Gasteiger partial charge in [0.1, 0.15) is 0 Å². The van der Waals surface area contributed by atoms with Crippen molar-refractivity contribution in [1.82, 2.24) is 5.32 Å². The van der Waals surface area contributed by atoms with Gasteiger partial charge in [-0.15, -0.1) is 0 Å². The van der Waals surface area contributed by atoms with Crippen molar-refractivity contribution >= 4 is 37.5 Å². The fourth-order valence-corrected chi connectivity index (χ4v) is 3.05. The number of sulfonamides is 1. The molecule has 2 aromatic rings. The molecule has 0 radical (unpaired) electrons. The molecule has 0 aliphatic rings. The van der Waals surface area contributed by atoms with Crippen molar-refractivity contribution in [2.45, 2.75) is 13.0 Å². The minimum absolute atomic E-state index is 0.175. The fourth-order valence-electron chi connectivity index (χ4n) is 2.08.